The van der Waals surface area contributed by atoms with Crippen molar-refractivity contribution in [2.24, 2.45) is 0 Å². The maximum absolute atomic E-state index is 12.1. The molecule has 0 spiro atoms. The number of carbonyl (C=O) groups is 1. The topological polar surface area (TPSA) is 38.1 Å². The van der Waals surface area contributed by atoms with Crippen molar-refractivity contribution in [2.45, 2.75) is 27.3 Å². The second kappa shape index (κ2) is 7.58. The Bertz CT molecular complexity index is 727. The average molecular weight is 309 g/mol. The number of hydrogen-bond donors (Lipinski definition) is 0. The summed E-state index contributed by atoms with van der Waals surface area (Å²) in [6, 6.07) is 10.0. The van der Waals surface area contributed by atoms with Crippen LogP contribution in [0.15, 0.2) is 54.6 Å². The van der Waals surface area contributed by atoms with Crippen molar-refractivity contribution in [2.75, 3.05) is 7.05 Å². The number of aromatic nitrogens is 2. The van der Waals surface area contributed by atoms with Crippen LogP contribution in [0.25, 0.3) is 5.69 Å². The van der Waals surface area contributed by atoms with Crippen LogP contribution in [0, 0.1) is 13.8 Å². The quantitative estimate of drug-likeness (QED) is 0.625. The van der Waals surface area contributed by atoms with E-state index in [1.165, 1.54) is 0 Å². The van der Waals surface area contributed by atoms with Gasteiger partial charge in [0.25, 0.3) is 0 Å². The highest BCUT2D eigenvalue weighted by atomic mass is 16.2. The minimum absolute atomic E-state index is 0.0191. The minimum atomic E-state index is -0.0191. The smallest absolute Gasteiger partial charge is 0.246 e. The summed E-state index contributed by atoms with van der Waals surface area (Å²) in [6.07, 6.45) is 7.07. The lowest BCUT2D eigenvalue weighted by Crippen LogP contribution is -2.24. The standard InChI is InChI=1S/C19H23N3O/c1-5-6-8-13-19(23)21(4)14-18-15(2)20-22(16(18)3)17-11-9-7-10-12-17/h5-13H,14H2,1-4H3/b6-5+,13-8+. The van der Waals surface area contributed by atoms with Gasteiger partial charge < -0.3 is 4.90 Å². The van der Waals surface area contributed by atoms with E-state index in [-0.39, 0.29) is 5.91 Å². The molecule has 4 nitrogen and oxygen atoms in total. The van der Waals surface area contributed by atoms with Gasteiger partial charge in [-0.3, -0.25) is 4.79 Å². The predicted octanol–water partition coefficient (Wildman–Crippen LogP) is 3.58. The van der Waals surface area contributed by atoms with Crippen LogP contribution in [0.3, 0.4) is 0 Å². The normalized spacial score (nSPS) is 11.5. The van der Waals surface area contributed by atoms with Gasteiger partial charge in [-0.2, -0.15) is 5.10 Å². The fourth-order valence-electron chi connectivity index (χ4n) is 2.42. The summed E-state index contributed by atoms with van der Waals surface area (Å²) in [6.45, 7) is 6.48. The molecule has 0 aliphatic carbocycles. The van der Waals surface area contributed by atoms with Gasteiger partial charge in [-0.05, 0) is 32.9 Å². The van der Waals surface area contributed by atoms with Crippen molar-refractivity contribution >= 4 is 5.91 Å². The summed E-state index contributed by atoms with van der Waals surface area (Å²) in [5.41, 5.74) is 4.12. The molecule has 0 atom stereocenters. The van der Waals surface area contributed by atoms with Gasteiger partial charge in [-0.1, -0.05) is 36.4 Å². The molecule has 0 fully saturated rings. The summed E-state index contributed by atoms with van der Waals surface area (Å²) in [7, 11) is 1.81. The molecule has 1 amide bonds. The van der Waals surface area contributed by atoms with Gasteiger partial charge in [0.2, 0.25) is 5.91 Å². The molecule has 0 N–H and O–H groups in total. The zero-order valence-electron chi connectivity index (χ0n) is 14.2. The van der Waals surface area contributed by atoms with Crippen molar-refractivity contribution in [1.29, 1.82) is 0 Å². The van der Waals surface area contributed by atoms with Gasteiger partial charge in [0.15, 0.2) is 0 Å². The first-order valence-electron chi connectivity index (χ1n) is 7.69. The molecule has 1 heterocycles. The molecule has 4 heteroatoms. The molecule has 2 aromatic rings. The Morgan fingerprint density at radius 2 is 1.91 bits per heavy atom. The van der Waals surface area contributed by atoms with Crippen molar-refractivity contribution in [1.82, 2.24) is 14.7 Å². The molecule has 120 valence electrons. The number of para-hydroxylation sites is 1. The number of nitrogens with zero attached hydrogens (tertiary/aromatic N) is 3. The molecule has 0 aliphatic rings. The second-order valence-electron chi connectivity index (χ2n) is 5.48. The number of rotatable bonds is 5. The van der Waals surface area contributed by atoms with Crippen LogP contribution < -0.4 is 0 Å². The van der Waals surface area contributed by atoms with Crippen LogP contribution in [0.1, 0.15) is 23.9 Å². The molecule has 0 bridgehead atoms. The van der Waals surface area contributed by atoms with Crippen LogP contribution in [0.4, 0.5) is 0 Å². The predicted molar refractivity (Wildman–Crippen MR) is 93.5 cm³/mol. The van der Waals surface area contributed by atoms with E-state index in [2.05, 4.69) is 5.10 Å². The highest BCUT2D eigenvalue weighted by Crippen LogP contribution is 2.19. The number of likely N-dealkylation sites (N-methyl/N-ethyl adjacent to an activating group) is 1. The molecular weight excluding hydrogens is 286 g/mol. The molecular formula is C19H23N3O. The van der Waals surface area contributed by atoms with E-state index in [1.54, 1.807) is 24.1 Å². The first-order chi connectivity index (χ1) is 11.0. The molecule has 1 aromatic heterocycles. The van der Waals surface area contributed by atoms with Crippen LogP contribution in [0.5, 0.6) is 0 Å². The Morgan fingerprint density at radius 3 is 2.57 bits per heavy atom. The fourth-order valence-corrected chi connectivity index (χ4v) is 2.42. The van der Waals surface area contributed by atoms with E-state index in [9.17, 15) is 4.79 Å². The first kappa shape index (κ1) is 16.7. The van der Waals surface area contributed by atoms with Crippen LogP contribution in [-0.4, -0.2) is 27.6 Å². The lowest BCUT2D eigenvalue weighted by Gasteiger charge is -2.15. The summed E-state index contributed by atoms with van der Waals surface area (Å²) in [5, 5.41) is 4.62. The summed E-state index contributed by atoms with van der Waals surface area (Å²) in [4.78, 5) is 13.8. The number of aryl methyl sites for hydroxylation is 1. The number of carbonyl (C=O) groups excluding carboxylic acids is 1. The number of benzene rings is 1. The third-order valence-electron chi connectivity index (χ3n) is 3.76. The van der Waals surface area contributed by atoms with E-state index in [1.807, 2.05) is 67.9 Å². The van der Waals surface area contributed by atoms with Gasteiger partial charge in [0.05, 0.1) is 11.4 Å². The van der Waals surface area contributed by atoms with Crippen molar-refractivity contribution in [3.8, 4) is 5.69 Å². The molecule has 0 saturated carbocycles. The maximum atomic E-state index is 12.1. The molecule has 23 heavy (non-hydrogen) atoms. The Kier molecular flexibility index (Phi) is 5.52. The van der Waals surface area contributed by atoms with Crippen LogP contribution >= 0.6 is 0 Å². The van der Waals surface area contributed by atoms with Crippen LogP contribution in [-0.2, 0) is 11.3 Å². The molecule has 0 radical (unpaired) electrons. The maximum Gasteiger partial charge on any atom is 0.246 e. The van der Waals surface area contributed by atoms with Gasteiger partial charge in [0.1, 0.15) is 0 Å². The fraction of sp³-hybridized carbons (Fsp3) is 0.263. The molecule has 0 unspecified atom stereocenters. The molecule has 1 aromatic carbocycles. The van der Waals surface area contributed by atoms with Gasteiger partial charge in [-0.25, -0.2) is 4.68 Å². The molecule has 0 aliphatic heterocycles. The zero-order valence-corrected chi connectivity index (χ0v) is 14.2. The highest BCUT2D eigenvalue weighted by molar-refractivity contribution is 5.87. The highest BCUT2D eigenvalue weighted by Gasteiger charge is 2.15. The summed E-state index contributed by atoms with van der Waals surface area (Å²) < 4.78 is 1.93. The Morgan fingerprint density at radius 1 is 1.22 bits per heavy atom. The zero-order chi connectivity index (χ0) is 16.8. The van der Waals surface area contributed by atoms with E-state index in [4.69, 9.17) is 0 Å². The lowest BCUT2D eigenvalue weighted by molar-refractivity contribution is -0.125. The van der Waals surface area contributed by atoms with Gasteiger partial charge >= 0.3 is 0 Å². The molecule has 2 rings (SSSR count). The lowest BCUT2D eigenvalue weighted by atomic mass is 10.2. The summed E-state index contributed by atoms with van der Waals surface area (Å²) in [5.74, 6) is -0.0191. The SMILES string of the molecule is C/C=C/C=C/C(=O)N(C)Cc1c(C)nn(-c2ccccc2)c1C. The number of hydrogen-bond acceptors (Lipinski definition) is 2. The van der Waals surface area contributed by atoms with Crippen molar-refractivity contribution < 1.29 is 4.79 Å². The third-order valence-corrected chi connectivity index (χ3v) is 3.76. The largest absolute Gasteiger partial charge is 0.338 e. The van der Waals surface area contributed by atoms with E-state index in [0.717, 1.165) is 22.6 Å². The van der Waals surface area contributed by atoms with E-state index < -0.39 is 0 Å². The average Bonchev–Trinajstić information content (AvgIpc) is 2.84. The Hall–Kier alpha value is -2.62. The van der Waals surface area contributed by atoms with Crippen LogP contribution in [0.2, 0.25) is 0 Å². The molecule has 0 saturated heterocycles. The van der Waals surface area contributed by atoms with Gasteiger partial charge in [0, 0.05) is 30.9 Å². The number of amides is 1. The van der Waals surface area contributed by atoms with E-state index >= 15 is 0 Å². The van der Waals surface area contributed by atoms with E-state index in [0.29, 0.717) is 6.54 Å². The number of allylic oxidation sites excluding steroid dienone is 3. The van der Waals surface area contributed by atoms with Crippen molar-refractivity contribution in [3.05, 3.63) is 71.6 Å². The Labute approximate surface area is 137 Å². The van der Waals surface area contributed by atoms with Gasteiger partial charge in [-0.15, -0.1) is 0 Å². The first-order valence-corrected chi connectivity index (χ1v) is 7.69. The summed E-state index contributed by atoms with van der Waals surface area (Å²) >= 11 is 0. The minimum Gasteiger partial charge on any atom is -0.338 e. The third kappa shape index (κ3) is 3.97. The van der Waals surface area contributed by atoms with Crippen molar-refractivity contribution in [3.63, 3.8) is 0 Å². The second-order valence-corrected chi connectivity index (χ2v) is 5.48. The monoisotopic (exact) mass is 309 g/mol. The Balaban J connectivity index is 2.21.